The summed E-state index contributed by atoms with van der Waals surface area (Å²) in [5.74, 6) is 0.00852. The van der Waals surface area contributed by atoms with Gasteiger partial charge in [0.1, 0.15) is 5.69 Å². The molecule has 4 heteroatoms. The highest BCUT2D eigenvalue weighted by molar-refractivity contribution is 5.98. The molecule has 0 spiro atoms. The Morgan fingerprint density at radius 3 is 2.67 bits per heavy atom. The van der Waals surface area contributed by atoms with Crippen LogP contribution in [0.5, 0.6) is 0 Å². The van der Waals surface area contributed by atoms with E-state index in [-0.39, 0.29) is 5.91 Å². The summed E-state index contributed by atoms with van der Waals surface area (Å²) >= 11 is 0. The summed E-state index contributed by atoms with van der Waals surface area (Å²) in [7, 11) is 0. The van der Waals surface area contributed by atoms with Crippen LogP contribution in [0.2, 0.25) is 0 Å². The molecule has 1 aromatic carbocycles. The van der Waals surface area contributed by atoms with Crippen LogP contribution in [0, 0.1) is 0 Å². The summed E-state index contributed by atoms with van der Waals surface area (Å²) in [5.41, 5.74) is 1.67. The number of aromatic nitrogens is 1. The van der Waals surface area contributed by atoms with Crippen molar-refractivity contribution >= 4 is 16.8 Å². The van der Waals surface area contributed by atoms with Crippen LogP contribution in [0.1, 0.15) is 37.2 Å². The van der Waals surface area contributed by atoms with Crippen molar-refractivity contribution in [3.63, 3.8) is 0 Å². The van der Waals surface area contributed by atoms with Crippen molar-refractivity contribution in [1.82, 2.24) is 15.2 Å². The van der Waals surface area contributed by atoms with Gasteiger partial charge in [-0.25, -0.2) is 0 Å². The number of amides is 1. The van der Waals surface area contributed by atoms with E-state index in [2.05, 4.69) is 29.0 Å². The number of carbonyl (C=O) groups is 1. The minimum Gasteiger partial charge on any atom is -0.351 e. The molecule has 4 nitrogen and oxygen atoms in total. The van der Waals surface area contributed by atoms with Gasteiger partial charge >= 0.3 is 0 Å². The van der Waals surface area contributed by atoms with Crippen LogP contribution < -0.4 is 5.32 Å². The van der Waals surface area contributed by atoms with Gasteiger partial charge in [-0.3, -0.25) is 4.79 Å². The number of rotatable bonds is 3. The molecule has 1 amide bonds. The molecule has 0 saturated carbocycles. The summed E-state index contributed by atoms with van der Waals surface area (Å²) in [6, 6.07) is 10.8. The van der Waals surface area contributed by atoms with Crippen LogP contribution in [0.3, 0.4) is 0 Å². The first-order valence-electron chi connectivity index (χ1n) is 7.76. The third-order valence-corrected chi connectivity index (χ3v) is 4.37. The predicted octanol–water partition coefficient (Wildman–Crippen LogP) is 2.77. The summed E-state index contributed by atoms with van der Waals surface area (Å²) in [6.45, 7) is 6.58. The highest BCUT2D eigenvalue weighted by Gasteiger charge is 2.22. The Morgan fingerprint density at radius 2 is 2.00 bits per heavy atom. The quantitative estimate of drug-likeness (QED) is 0.911. The Hall–Kier alpha value is -1.81. The number of likely N-dealkylation sites (tertiary alicyclic amines) is 1. The minimum atomic E-state index is 0.00852. The molecular formula is C17H23N3O. The molecule has 0 radical (unpaired) electrons. The Kier molecular flexibility index (Phi) is 3.97. The molecule has 1 saturated heterocycles. The van der Waals surface area contributed by atoms with Gasteiger partial charge in [-0.1, -0.05) is 18.2 Å². The minimum absolute atomic E-state index is 0.00852. The van der Waals surface area contributed by atoms with E-state index in [1.54, 1.807) is 0 Å². The van der Waals surface area contributed by atoms with Gasteiger partial charge in [0.2, 0.25) is 0 Å². The Morgan fingerprint density at radius 1 is 1.29 bits per heavy atom. The lowest BCUT2D eigenvalue weighted by Gasteiger charge is -2.34. The number of aromatic amines is 1. The van der Waals surface area contributed by atoms with E-state index in [1.165, 1.54) is 0 Å². The largest absolute Gasteiger partial charge is 0.351 e. The molecule has 2 aromatic rings. The standard InChI is InChI=1S/C17H23N3O/c1-12(2)20-9-7-14(8-10-20)18-17(21)16-11-13-5-3-4-6-15(13)19-16/h3-6,11-12,14,19H,7-10H2,1-2H3,(H,18,21). The average molecular weight is 285 g/mol. The van der Waals surface area contributed by atoms with E-state index in [0.29, 0.717) is 17.8 Å². The topological polar surface area (TPSA) is 48.1 Å². The van der Waals surface area contributed by atoms with Gasteiger partial charge in [-0.2, -0.15) is 0 Å². The van der Waals surface area contributed by atoms with E-state index in [1.807, 2.05) is 30.3 Å². The molecule has 1 fully saturated rings. The first kappa shape index (κ1) is 14.1. The van der Waals surface area contributed by atoms with Gasteiger partial charge < -0.3 is 15.2 Å². The molecule has 112 valence electrons. The zero-order chi connectivity index (χ0) is 14.8. The van der Waals surface area contributed by atoms with Crippen molar-refractivity contribution in [2.24, 2.45) is 0 Å². The van der Waals surface area contributed by atoms with Crippen molar-refractivity contribution in [1.29, 1.82) is 0 Å². The highest BCUT2D eigenvalue weighted by Crippen LogP contribution is 2.16. The molecule has 0 unspecified atom stereocenters. The lowest BCUT2D eigenvalue weighted by Crippen LogP contribution is -2.46. The van der Waals surface area contributed by atoms with Crippen molar-refractivity contribution < 1.29 is 4.79 Å². The maximum Gasteiger partial charge on any atom is 0.267 e. The second-order valence-corrected chi connectivity index (χ2v) is 6.15. The molecule has 0 bridgehead atoms. The van der Waals surface area contributed by atoms with Gasteiger partial charge in [0.15, 0.2) is 0 Å². The fourth-order valence-electron chi connectivity index (χ4n) is 3.02. The third kappa shape index (κ3) is 3.10. The van der Waals surface area contributed by atoms with Crippen molar-refractivity contribution in [3.05, 3.63) is 36.0 Å². The molecule has 3 rings (SSSR count). The number of nitrogens with zero attached hydrogens (tertiary/aromatic N) is 1. The molecule has 2 heterocycles. The Labute approximate surface area is 125 Å². The third-order valence-electron chi connectivity index (χ3n) is 4.37. The van der Waals surface area contributed by atoms with Crippen LogP contribution >= 0.6 is 0 Å². The maximum atomic E-state index is 12.3. The molecule has 0 aliphatic carbocycles. The molecule has 1 aromatic heterocycles. The van der Waals surface area contributed by atoms with Crippen LogP contribution in [0.15, 0.2) is 30.3 Å². The lowest BCUT2D eigenvalue weighted by atomic mass is 10.0. The second kappa shape index (κ2) is 5.90. The normalized spacial score (nSPS) is 17.5. The number of piperidine rings is 1. The van der Waals surface area contributed by atoms with E-state index >= 15 is 0 Å². The zero-order valence-corrected chi connectivity index (χ0v) is 12.7. The van der Waals surface area contributed by atoms with E-state index in [0.717, 1.165) is 36.8 Å². The average Bonchev–Trinajstić information content (AvgIpc) is 2.92. The fraction of sp³-hybridized carbons (Fsp3) is 0.471. The SMILES string of the molecule is CC(C)N1CCC(NC(=O)c2cc3ccccc3[nH]2)CC1. The molecule has 21 heavy (non-hydrogen) atoms. The lowest BCUT2D eigenvalue weighted by molar-refractivity contribution is 0.0896. The number of carbonyl (C=O) groups excluding carboxylic acids is 1. The Bertz CT molecular complexity index is 591. The van der Waals surface area contributed by atoms with Crippen molar-refractivity contribution in [3.8, 4) is 0 Å². The monoisotopic (exact) mass is 285 g/mol. The van der Waals surface area contributed by atoms with Crippen molar-refractivity contribution in [2.45, 2.75) is 38.8 Å². The number of H-pyrrole nitrogens is 1. The number of hydrogen-bond donors (Lipinski definition) is 2. The molecule has 1 aliphatic heterocycles. The second-order valence-electron chi connectivity index (χ2n) is 6.15. The number of fused-ring (bicyclic) bond motifs is 1. The first-order valence-corrected chi connectivity index (χ1v) is 7.76. The number of para-hydroxylation sites is 1. The molecular weight excluding hydrogens is 262 g/mol. The highest BCUT2D eigenvalue weighted by atomic mass is 16.1. The van der Waals surface area contributed by atoms with Gasteiger partial charge in [0.05, 0.1) is 0 Å². The summed E-state index contributed by atoms with van der Waals surface area (Å²) in [5, 5.41) is 4.24. The number of nitrogens with one attached hydrogen (secondary N) is 2. The van der Waals surface area contributed by atoms with Crippen LogP contribution in [0.4, 0.5) is 0 Å². The van der Waals surface area contributed by atoms with Crippen LogP contribution in [-0.4, -0.2) is 41.0 Å². The molecule has 1 aliphatic rings. The first-order chi connectivity index (χ1) is 10.1. The number of benzene rings is 1. The van der Waals surface area contributed by atoms with Gasteiger partial charge in [0, 0.05) is 36.1 Å². The molecule has 0 atom stereocenters. The summed E-state index contributed by atoms with van der Waals surface area (Å²) < 4.78 is 0. The smallest absolute Gasteiger partial charge is 0.267 e. The fourth-order valence-corrected chi connectivity index (χ4v) is 3.02. The van der Waals surface area contributed by atoms with E-state index < -0.39 is 0 Å². The van der Waals surface area contributed by atoms with Gasteiger partial charge in [-0.05, 0) is 38.8 Å². The van der Waals surface area contributed by atoms with Crippen LogP contribution in [-0.2, 0) is 0 Å². The van der Waals surface area contributed by atoms with Crippen molar-refractivity contribution in [2.75, 3.05) is 13.1 Å². The maximum absolute atomic E-state index is 12.3. The van der Waals surface area contributed by atoms with Gasteiger partial charge in [0.25, 0.3) is 5.91 Å². The molecule has 2 N–H and O–H groups in total. The van der Waals surface area contributed by atoms with E-state index in [9.17, 15) is 4.79 Å². The zero-order valence-electron chi connectivity index (χ0n) is 12.7. The predicted molar refractivity (Wildman–Crippen MR) is 85.5 cm³/mol. The Balaban J connectivity index is 1.62. The van der Waals surface area contributed by atoms with Crippen LogP contribution in [0.25, 0.3) is 10.9 Å². The van der Waals surface area contributed by atoms with Gasteiger partial charge in [-0.15, -0.1) is 0 Å². The summed E-state index contributed by atoms with van der Waals surface area (Å²) in [6.07, 6.45) is 2.06. The number of hydrogen-bond acceptors (Lipinski definition) is 2. The summed E-state index contributed by atoms with van der Waals surface area (Å²) in [4.78, 5) is 18.0. The van der Waals surface area contributed by atoms with E-state index in [4.69, 9.17) is 0 Å².